The quantitative estimate of drug-likeness (QED) is 0.305. The van der Waals surface area contributed by atoms with Crippen LogP contribution in [0.2, 0.25) is 0 Å². The van der Waals surface area contributed by atoms with Crippen molar-refractivity contribution in [3.05, 3.63) is 47.3 Å². The van der Waals surface area contributed by atoms with Crippen LogP contribution < -0.4 is 0 Å². The minimum absolute atomic E-state index is 0.0309. The molecule has 1 nitrogen and oxygen atoms in total. The molecule has 0 fully saturated rings. The maximum absolute atomic E-state index is 4.02. The van der Waals surface area contributed by atoms with E-state index >= 15 is 0 Å². The largest absolute Gasteiger partial charge is 0.345 e. The fraction of sp³-hybridized carbons (Fsp3) is 0.200. The van der Waals surface area contributed by atoms with Gasteiger partial charge in [-0.05, 0) is 34.7 Å². The molecule has 1 unspecified atom stereocenters. The molecule has 0 radical (unpaired) electrons. The van der Waals surface area contributed by atoms with E-state index in [9.17, 15) is 0 Å². The Morgan fingerprint density at radius 2 is 1.86 bits per heavy atom. The van der Waals surface area contributed by atoms with Crippen LogP contribution in [-0.2, 0) is 0 Å². The molecule has 4 heteroatoms. The summed E-state index contributed by atoms with van der Waals surface area (Å²) in [6.45, 7) is 7.91. The zero-order chi connectivity index (χ0) is 10.8. The van der Waals surface area contributed by atoms with E-state index < -0.39 is 0 Å². The van der Waals surface area contributed by atoms with Gasteiger partial charge in [0, 0.05) is 16.0 Å². The van der Waals surface area contributed by atoms with Crippen molar-refractivity contribution in [2.24, 2.45) is 0 Å². The number of halogens is 3. The summed E-state index contributed by atoms with van der Waals surface area (Å²) in [6.07, 6.45) is 6.07. The van der Waals surface area contributed by atoms with Crippen LogP contribution in [0.25, 0.3) is 0 Å². The van der Waals surface area contributed by atoms with Crippen LogP contribution in [0.1, 0.15) is 6.04 Å². The summed E-state index contributed by atoms with van der Waals surface area (Å²) in [7, 11) is 0. The fourth-order valence-electron chi connectivity index (χ4n) is 1.15. The molecule has 1 atom stereocenters. The minimum atomic E-state index is -0.0309. The van der Waals surface area contributed by atoms with E-state index in [1.807, 2.05) is 18.2 Å². The van der Waals surface area contributed by atoms with Crippen LogP contribution in [-0.4, -0.2) is 6.00 Å². The second-order valence-corrected chi connectivity index (χ2v) is 9.61. The Morgan fingerprint density at radius 1 is 1.36 bits per heavy atom. The van der Waals surface area contributed by atoms with Gasteiger partial charge < -0.3 is 4.57 Å². The smallest absolute Gasteiger partial charge is 0.127 e. The minimum Gasteiger partial charge on any atom is -0.345 e. The first-order chi connectivity index (χ1) is 6.50. The number of hydrogen-bond donors (Lipinski definition) is 0. The number of hydrogen-bond acceptors (Lipinski definition) is 0. The van der Waals surface area contributed by atoms with E-state index in [0.29, 0.717) is 0 Å². The Kier molecular flexibility index (Phi) is 4.96. The highest BCUT2D eigenvalue weighted by atomic mass is 127. The van der Waals surface area contributed by atoms with Gasteiger partial charge in [-0.3, -0.25) is 0 Å². The average molecular weight is 525 g/mol. The van der Waals surface area contributed by atoms with Gasteiger partial charge in [0.25, 0.3) is 0 Å². The average Bonchev–Trinajstić information content (AvgIpc) is 2.57. The molecule has 0 aromatic carbocycles. The van der Waals surface area contributed by atoms with Gasteiger partial charge in [0.15, 0.2) is 0 Å². The van der Waals surface area contributed by atoms with Crippen molar-refractivity contribution in [3.63, 3.8) is 0 Å². The zero-order valence-electron chi connectivity index (χ0n) is 7.46. The summed E-state index contributed by atoms with van der Waals surface area (Å²) in [4.78, 5) is 0. The van der Waals surface area contributed by atoms with Gasteiger partial charge >= 0.3 is 0 Å². The Labute approximate surface area is 125 Å². The Morgan fingerprint density at radius 3 is 2.21 bits per heavy atom. The van der Waals surface area contributed by atoms with Gasteiger partial charge in [-0.1, -0.05) is 57.8 Å². The summed E-state index contributed by atoms with van der Waals surface area (Å²) >= 11 is 7.11. The van der Waals surface area contributed by atoms with Crippen molar-refractivity contribution in [2.45, 2.75) is 7.47 Å². The van der Waals surface area contributed by atoms with E-state index in [2.05, 4.69) is 97.9 Å². The van der Waals surface area contributed by atoms with Crippen molar-refractivity contribution in [1.29, 1.82) is 0 Å². The normalized spacial score (nSPS) is 13.6. The van der Waals surface area contributed by atoms with Gasteiger partial charge in [0.1, 0.15) is 1.43 Å². The second kappa shape index (κ2) is 5.33. The lowest BCUT2D eigenvalue weighted by Gasteiger charge is -2.29. The van der Waals surface area contributed by atoms with Crippen LogP contribution in [0.4, 0.5) is 0 Å². The fourth-order valence-corrected chi connectivity index (χ4v) is 2.62. The third-order valence-electron chi connectivity index (χ3n) is 1.91. The molecule has 0 aliphatic rings. The van der Waals surface area contributed by atoms with Gasteiger partial charge in [-0.2, -0.15) is 0 Å². The van der Waals surface area contributed by atoms with Gasteiger partial charge in [-0.15, -0.1) is 6.58 Å². The van der Waals surface area contributed by atoms with E-state index in [4.69, 9.17) is 0 Å². The number of alkyl halides is 2. The standard InChI is InChI=1S/C10H10I3N/c1-3-9(10(12,13)8(2)11)14-6-4-5-7-14/h3-7,9H,1-2H2. The van der Waals surface area contributed by atoms with E-state index in [1.165, 1.54) is 0 Å². The molecule has 1 heterocycles. The lowest BCUT2D eigenvalue weighted by atomic mass is 10.2. The highest BCUT2D eigenvalue weighted by Gasteiger charge is 2.34. The molecule has 1 aromatic heterocycles. The van der Waals surface area contributed by atoms with Gasteiger partial charge in [0.2, 0.25) is 0 Å². The first-order valence-electron chi connectivity index (χ1n) is 3.98. The first kappa shape index (κ1) is 13.0. The topological polar surface area (TPSA) is 4.93 Å². The highest BCUT2D eigenvalue weighted by Crippen LogP contribution is 2.47. The molecule has 1 rings (SSSR count). The van der Waals surface area contributed by atoms with Crippen LogP contribution in [0.15, 0.2) is 47.3 Å². The molecule has 76 valence electrons. The molecule has 0 aliphatic heterocycles. The van der Waals surface area contributed by atoms with Crippen LogP contribution in [0, 0.1) is 0 Å². The highest BCUT2D eigenvalue weighted by molar-refractivity contribution is 14.2. The molecular weight excluding hydrogens is 515 g/mol. The summed E-state index contributed by atoms with van der Waals surface area (Å²) in [5, 5.41) is 0. The van der Waals surface area contributed by atoms with E-state index in [1.54, 1.807) is 0 Å². The molecule has 0 saturated heterocycles. The monoisotopic (exact) mass is 525 g/mol. The molecule has 0 saturated carbocycles. The third-order valence-corrected chi connectivity index (χ3v) is 7.40. The molecule has 14 heavy (non-hydrogen) atoms. The summed E-state index contributed by atoms with van der Waals surface area (Å²) in [5.74, 6) is 0. The summed E-state index contributed by atoms with van der Waals surface area (Å²) in [6, 6.07) is 4.29. The summed E-state index contributed by atoms with van der Waals surface area (Å²) in [5.41, 5.74) is 0. The predicted molar refractivity (Wildman–Crippen MR) is 87.6 cm³/mol. The van der Waals surface area contributed by atoms with Gasteiger partial charge in [-0.25, -0.2) is 0 Å². The van der Waals surface area contributed by atoms with Crippen LogP contribution >= 0.6 is 67.8 Å². The number of aromatic nitrogens is 1. The number of allylic oxidation sites excluding steroid dienone is 2. The molecule has 0 spiro atoms. The SMILES string of the molecule is C=CC(n1cccc1)C(I)(I)C(=C)I. The predicted octanol–water partition coefficient (Wildman–Crippen LogP) is 4.73. The first-order valence-corrected chi connectivity index (χ1v) is 7.21. The maximum Gasteiger partial charge on any atom is 0.127 e. The Hall–Kier alpha value is 0.950. The molecule has 1 aromatic rings. The third kappa shape index (κ3) is 2.75. The molecule has 0 bridgehead atoms. The van der Waals surface area contributed by atoms with Crippen LogP contribution in [0.3, 0.4) is 0 Å². The van der Waals surface area contributed by atoms with Crippen LogP contribution in [0.5, 0.6) is 0 Å². The molecule has 0 N–H and O–H groups in total. The summed E-state index contributed by atoms with van der Waals surface area (Å²) < 4.78 is 3.24. The van der Waals surface area contributed by atoms with Gasteiger partial charge in [0.05, 0.1) is 6.04 Å². The lowest BCUT2D eigenvalue weighted by Crippen LogP contribution is -2.25. The number of nitrogens with zero attached hydrogens (tertiary/aromatic N) is 1. The van der Waals surface area contributed by atoms with E-state index in [-0.39, 0.29) is 7.47 Å². The molecule has 0 aliphatic carbocycles. The Balaban J connectivity index is 3.04. The maximum atomic E-state index is 4.02. The zero-order valence-corrected chi connectivity index (χ0v) is 13.9. The lowest BCUT2D eigenvalue weighted by molar-refractivity contribution is 0.627. The van der Waals surface area contributed by atoms with E-state index in [0.717, 1.165) is 3.58 Å². The molecule has 0 amide bonds. The van der Waals surface area contributed by atoms with Crippen molar-refractivity contribution in [1.82, 2.24) is 4.57 Å². The van der Waals surface area contributed by atoms with Crippen molar-refractivity contribution in [3.8, 4) is 0 Å². The molecular formula is C10H10I3N. The van der Waals surface area contributed by atoms with Crippen molar-refractivity contribution < 1.29 is 0 Å². The van der Waals surface area contributed by atoms with Crippen molar-refractivity contribution in [2.75, 3.05) is 0 Å². The van der Waals surface area contributed by atoms with Crippen molar-refractivity contribution >= 4 is 67.8 Å². The second-order valence-electron chi connectivity index (χ2n) is 2.84. The Bertz CT molecular complexity index is 327. The number of rotatable bonds is 4.